The molecule has 12 heavy (non-hydrogen) atoms. The van der Waals surface area contributed by atoms with E-state index in [-0.39, 0.29) is 0 Å². The number of hydrogen-bond donors (Lipinski definition) is 1. The molecular weight excluding hydrogens is 172 g/mol. The second-order valence-electron chi connectivity index (χ2n) is 3.58. The summed E-state index contributed by atoms with van der Waals surface area (Å²) in [7, 11) is 0. The van der Waals surface area contributed by atoms with Gasteiger partial charge in [-0.15, -0.1) is 0 Å². The van der Waals surface area contributed by atoms with Gasteiger partial charge in [0.25, 0.3) is 0 Å². The Hall–Kier alpha value is -0.180. The molecule has 1 fully saturated rings. The van der Waals surface area contributed by atoms with Crippen molar-refractivity contribution in [1.29, 1.82) is 0 Å². The van der Waals surface area contributed by atoms with Gasteiger partial charge in [0.2, 0.25) is 0 Å². The van der Waals surface area contributed by atoms with Gasteiger partial charge in [-0.3, -0.25) is 4.79 Å². The average Bonchev–Trinajstić information content (AvgIpc) is 2.06. The van der Waals surface area contributed by atoms with Crippen LogP contribution in [0, 0.1) is 5.41 Å². The van der Waals surface area contributed by atoms with Gasteiger partial charge in [-0.05, 0) is 19.1 Å². The predicted molar refractivity (Wildman–Crippen MR) is 51.5 cm³/mol. The average molecular weight is 188 g/mol. The highest BCUT2D eigenvalue weighted by atomic mass is 32.2. The van der Waals surface area contributed by atoms with Gasteiger partial charge in [0.1, 0.15) is 0 Å². The highest BCUT2D eigenvalue weighted by Gasteiger charge is 2.38. The molecule has 0 atom stereocenters. The van der Waals surface area contributed by atoms with E-state index in [0.717, 1.165) is 31.4 Å². The highest BCUT2D eigenvalue weighted by Crippen LogP contribution is 2.38. The van der Waals surface area contributed by atoms with Crippen molar-refractivity contribution in [1.82, 2.24) is 0 Å². The van der Waals surface area contributed by atoms with E-state index in [0.29, 0.717) is 0 Å². The van der Waals surface area contributed by atoms with Crippen molar-refractivity contribution < 1.29 is 9.90 Å². The molecule has 0 aliphatic heterocycles. The molecule has 70 valence electrons. The van der Waals surface area contributed by atoms with Gasteiger partial charge in [0, 0.05) is 5.75 Å². The van der Waals surface area contributed by atoms with E-state index in [4.69, 9.17) is 5.11 Å². The fourth-order valence-corrected chi connectivity index (χ4v) is 2.89. The Kier molecular flexibility index (Phi) is 3.44. The Labute approximate surface area is 77.7 Å². The van der Waals surface area contributed by atoms with Crippen molar-refractivity contribution in [3.05, 3.63) is 0 Å². The third-order valence-electron chi connectivity index (χ3n) is 2.68. The Balaban J connectivity index is 2.63. The molecule has 2 nitrogen and oxygen atoms in total. The summed E-state index contributed by atoms with van der Waals surface area (Å²) in [6.45, 7) is 0. The van der Waals surface area contributed by atoms with Gasteiger partial charge in [-0.1, -0.05) is 19.3 Å². The van der Waals surface area contributed by atoms with Gasteiger partial charge in [-0.2, -0.15) is 11.8 Å². The first-order valence-electron chi connectivity index (χ1n) is 4.44. The van der Waals surface area contributed by atoms with E-state index in [2.05, 4.69) is 0 Å². The number of carbonyl (C=O) groups is 1. The number of carboxylic acids is 1. The summed E-state index contributed by atoms with van der Waals surface area (Å²) in [6, 6.07) is 0. The van der Waals surface area contributed by atoms with E-state index in [1.165, 1.54) is 6.42 Å². The Bertz CT molecular complexity index is 156. The van der Waals surface area contributed by atoms with E-state index in [1.807, 2.05) is 6.26 Å². The normalized spacial score (nSPS) is 22.1. The predicted octanol–water partition coefficient (Wildman–Crippen LogP) is 2.38. The van der Waals surface area contributed by atoms with Crippen LogP contribution in [0.4, 0.5) is 0 Å². The zero-order valence-corrected chi connectivity index (χ0v) is 8.32. The van der Waals surface area contributed by atoms with Gasteiger partial charge < -0.3 is 5.11 Å². The fourth-order valence-electron chi connectivity index (χ4n) is 1.92. The molecule has 0 aromatic carbocycles. The molecule has 1 N–H and O–H groups in total. The van der Waals surface area contributed by atoms with E-state index in [9.17, 15) is 4.79 Å². The van der Waals surface area contributed by atoms with Crippen molar-refractivity contribution in [2.24, 2.45) is 5.41 Å². The standard InChI is InChI=1S/C9H16O2S/c1-12-7-9(8(10)11)5-3-2-4-6-9/h2-7H2,1H3,(H,10,11). The summed E-state index contributed by atoms with van der Waals surface area (Å²) in [5.41, 5.74) is -0.391. The summed E-state index contributed by atoms with van der Waals surface area (Å²) >= 11 is 1.65. The van der Waals surface area contributed by atoms with Crippen molar-refractivity contribution >= 4 is 17.7 Å². The molecule has 1 aliphatic carbocycles. The van der Waals surface area contributed by atoms with Gasteiger partial charge >= 0.3 is 5.97 Å². The summed E-state index contributed by atoms with van der Waals surface area (Å²) < 4.78 is 0. The summed E-state index contributed by atoms with van der Waals surface area (Å²) in [5.74, 6) is 0.194. The molecule has 0 radical (unpaired) electrons. The van der Waals surface area contributed by atoms with Crippen LogP contribution in [0.15, 0.2) is 0 Å². The molecular formula is C9H16O2S. The minimum Gasteiger partial charge on any atom is -0.481 e. The van der Waals surface area contributed by atoms with Crippen molar-refractivity contribution in [2.75, 3.05) is 12.0 Å². The van der Waals surface area contributed by atoms with Crippen molar-refractivity contribution in [3.63, 3.8) is 0 Å². The number of carboxylic acid groups (broad SMARTS) is 1. The smallest absolute Gasteiger partial charge is 0.310 e. The lowest BCUT2D eigenvalue weighted by atomic mass is 9.76. The first kappa shape index (κ1) is 9.90. The molecule has 3 heteroatoms. The SMILES string of the molecule is CSCC1(C(=O)O)CCCCC1. The van der Waals surface area contributed by atoms with E-state index >= 15 is 0 Å². The van der Waals surface area contributed by atoms with Crippen LogP contribution >= 0.6 is 11.8 Å². The Morgan fingerprint density at radius 2 is 2.00 bits per heavy atom. The van der Waals surface area contributed by atoms with Crippen LogP contribution in [0.3, 0.4) is 0 Å². The molecule has 0 bridgehead atoms. The molecule has 0 unspecified atom stereocenters. The minimum atomic E-state index is -0.587. The first-order chi connectivity index (χ1) is 5.71. The maximum atomic E-state index is 11.1. The topological polar surface area (TPSA) is 37.3 Å². The molecule has 0 aromatic heterocycles. The Morgan fingerprint density at radius 3 is 2.42 bits per heavy atom. The zero-order valence-electron chi connectivity index (χ0n) is 7.51. The van der Waals surface area contributed by atoms with E-state index in [1.54, 1.807) is 11.8 Å². The molecule has 1 aliphatic rings. The van der Waals surface area contributed by atoms with Crippen molar-refractivity contribution in [3.8, 4) is 0 Å². The maximum Gasteiger partial charge on any atom is 0.310 e. The van der Waals surface area contributed by atoms with Crippen LogP contribution in [0.2, 0.25) is 0 Å². The monoisotopic (exact) mass is 188 g/mol. The van der Waals surface area contributed by atoms with Gasteiger partial charge in [-0.25, -0.2) is 0 Å². The zero-order chi connectivity index (χ0) is 9.03. The summed E-state index contributed by atoms with van der Waals surface area (Å²) in [5, 5.41) is 9.11. The Morgan fingerprint density at radius 1 is 1.42 bits per heavy atom. The first-order valence-corrected chi connectivity index (χ1v) is 5.83. The largest absolute Gasteiger partial charge is 0.481 e. The quantitative estimate of drug-likeness (QED) is 0.739. The molecule has 1 saturated carbocycles. The molecule has 0 heterocycles. The van der Waals surface area contributed by atoms with Crippen LogP contribution in [-0.2, 0) is 4.79 Å². The second kappa shape index (κ2) is 4.17. The third kappa shape index (κ3) is 1.94. The van der Waals surface area contributed by atoms with Gasteiger partial charge in [0.05, 0.1) is 5.41 Å². The van der Waals surface area contributed by atoms with Crippen molar-refractivity contribution in [2.45, 2.75) is 32.1 Å². The highest BCUT2D eigenvalue weighted by molar-refractivity contribution is 7.98. The van der Waals surface area contributed by atoms with Crippen LogP contribution in [-0.4, -0.2) is 23.1 Å². The summed E-state index contributed by atoms with van der Waals surface area (Å²) in [6.07, 6.45) is 7.13. The molecule has 0 saturated heterocycles. The number of aliphatic carboxylic acids is 1. The number of rotatable bonds is 3. The lowest BCUT2D eigenvalue weighted by Crippen LogP contribution is -2.35. The van der Waals surface area contributed by atoms with Crippen LogP contribution in [0.1, 0.15) is 32.1 Å². The summed E-state index contributed by atoms with van der Waals surface area (Å²) in [4.78, 5) is 11.1. The molecule has 0 amide bonds. The van der Waals surface area contributed by atoms with Crippen LogP contribution in [0.25, 0.3) is 0 Å². The molecule has 1 rings (SSSR count). The fraction of sp³-hybridized carbons (Fsp3) is 0.889. The third-order valence-corrected chi connectivity index (χ3v) is 3.53. The lowest BCUT2D eigenvalue weighted by molar-refractivity contribution is -0.149. The minimum absolute atomic E-state index is 0.391. The molecule has 0 aromatic rings. The lowest BCUT2D eigenvalue weighted by Gasteiger charge is -2.32. The van der Waals surface area contributed by atoms with Gasteiger partial charge in [0.15, 0.2) is 0 Å². The second-order valence-corrected chi connectivity index (χ2v) is 4.45. The van der Waals surface area contributed by atoms with Crippen LogP contribution in [0.5, 0.6) is 0 Å². The maximum absolute atomic E-state index is 11.1. The molecule has 0 spiro atoms. The van der Waals surface area contributed by atoms with E-state index < -0.39 is 11.4 Å². The number of hydrogen-bond acceptors (Lipinski definition) is 2. The number of thioether (sulfide) groups is 1. The van der Waals surface area contributed by atoms with Crippen LogP contribution < -0.4 is 0 Å².